The summed E-state index contributed by atoms with van der Waals surface area (Å²) < 4.78 is 11.5. The van der Waals surface area contributed by atoms with Crippen LogP contribution in [0.5, 0.6) is 0 Å². The highest BCUT2D eigenvalue weighted by molar-refractivity contribution is 5.10. The predicted octanol–water partition coefficient (Wildman–Crippen LogP) is 2.76. The molecule has 21 heavy (non-hydrogen) atoms. The van der Waals surface area contributed by atoms with E-state index in [1.54, 1.807) is 7.11 Å². The van der Waals surface area contributed by atoms with Crippen LogP contribution in [0, 0.1) is 5.92 Å². The van der Waals surface area contributed by atoms with Crippen LogP contribution < -0.4 is 5.32 Å². The van der Waals surface area contributed by atoms with Gasteiger partial charge in [-0.1, -0.05) is 19.0 Å². The summed E-state index contributed by atoms with van der Waals surface area (Å²) >= 11 is 0. The van der Waals surface area contributed by atoms with Gasteiger partial charge in [0, 0.05) is 12.5 Å². The van der Waals surface area contributed by atoms with Crippen molar-refractivity contribution < 1.29 is 9.26 Å². The van der Waals surface area contributed by atoms with E-state index in [2.05, 4.69) is 24.3 Å². The minimum absolute atomic E-state index is 0.00733. The van der Waals surface area contributed by atoms with Crippen molar-refractivity contribution in [2.45, 2.75) is 63.4 Å². The Bertz CT molecular complexity index is 472. The predicted molar refractivity (Wildman–Crippen MR) is 80.1 cm³/mol. The molecule has 1 aromatic rings. The molecule has 2 heterocycles. The zero-order valence-corrected chi connectivity index (χ0v) is 13.4. The maximum absolute atomic E-state index is 5.85. The van der Waals surface area contributed by atoms with E-state index in [4.69, 9.17) is 14.2 Å². The number of hydrogen-bond donors (Lipinski definition) is 1. The highest BCUT2D eigenvalue weighted by Gasteiger charge is 2.42. The van der Waals surface area contributed by atoms with Gasteiger partial charge in [0.2, 0.25) is 11.7 Å². The summed E-state index contributed by atoms with van der Waals surface area (Å²) in [7, 11) is 1.78. The maximum atomic E-state index is 5.85. The van der Waals surface area contributed by atoms with Gasteiger partial charge < -0.3 is 14.6 Å². The van der Waals surface area contributed by atoms with Crippen molar-refractivity contribution >= 4 is 0 Å². The first-order valence-corrected chi connectivity index (χ1v) is 8.19. The monoisotopic (exact) mass is 293 g/mol. The van der Waals surface area contributed by atoms with Gasteiger partial charge in [0.1, 0.15) is 5.60 Å². The number of aromatic nitrogens is 2. The lowest BCUT2D eigenvalue weighted by atomic mass is 9.78. The third-order valence-electron chi connectivity index (χ3n) is 5.53. The smallest absolute Gasteiger partial charge is 0.232 e. The fraction of sp³-hybridized carbons (Fsp3) is 0.875. The van der Waals surface area contributed by atoms with Crippen molar-refractivity contribution in [1.29, 1.82) is 0 Å². The second-order valence-electron chi connectivity index (χ2n) is 7.11. The minimum Gasteiger partial charge on any atom is -0.370 e. The van der Waals surface area contributed by atoms with E-state index in [9.17, 15) is 0 Å². The lowest BCUT2D eigenvalue weighted by Gasteiger charge is -2.35. The second-order valence-corrected chi connectivity index (χ2v) is 7.11. The first kappa shape index (κ1) is 15.0. The van der Waals surface area contributed by atoms with E-state index in [0.29, 0.717) is 0 Å². The van der Waals surface area contributed by atoms with Gasteiger partial charge in [-0.3, -0.25) is 0 Å². The first-order valence-electron chi connectivity index (χ1n) is 8.19. The van der Waals surface area contributed by atoms with E-state index in [1.165, 1.54) is 12.8 Å². The van der Waals surface area contributed by atoms with Gasteiger partial charge in [0.25, 0.3) is 0 Å². The molecule has 0 atom stereocenters. The highest BCUT2D eigenvalue weighted by Crippen LogP contribution is 2.42. The number of nitrogens with zero attached hydrogens (tertiary/aromatic N) is 2. The van der Waals surface area contributed by atoms with Crippen molar-refractivity contribution in [2.24, 2.45) is 5.92 Å². The van der Waals surface area contributed by atoms with Crippen LogP contribution in [0.3, 0.4) is 0 Å². The molecule has 0 bridgehead atoms. The van der Waals surface area contributed by atoms with E-state index in [1.807, 2.05) is 0 Å². The molecule has 5 heteroatoms. The van der Waals surface area contributed by atoms with Crippen molar-refractivity contribution in [1.82, 2.24) is 15.5 Å². The largest absolute Gasteiger partial charge is 0.370 e. The summed E-state index contributed by atoms with van der Waals surface area (Å²) in [5, 5.41) is 7.69. The van der Waals surface area contributed by atoms with Gasteiger partial charge in [-0.05, 0) is 57.5 Å². The van der Waals surface area contributed by atoms with E-state index < -0.39 is 0 Å². The van der Waals surface area contributed by atoms with Crippen molar-refractivity contribution in [2.75, 3.05) is 20.2 Å². The molecule has 1 saturated heterocycles. The van der Waals surface area contributed by atoms with E-state index in [0.717, 1.165) is 56.4 Å². The van der Waals surface area contributed by atoms with Crippen LogP contribution in [-0.2, 0) is 15.8 Å². The maximum Gasteiger partial charge on any atom is 0.232 e. The molecular formula is C16H27N3O2. The summed E-state index contributed by atoms with van der Waals surface area (Å²) in [5.41, 5.74) is -0.328. The van der Waals surface area contributed by atoms with Gasteiger partial charge in [-0.25, -0.2) is 0 Å². The molecule has 5 nitrogen and oxygen atoms in total. The molecular weight excluding hydrogens is 266 g/mol. The number of hydrogen-bond acceptors (Lipinski definition) is 5. The quantitative estimate of drug-likeness (QED) is 0.928. The summed E-state index contributed by atoms with van der Waals surface area (Å²) in [6, 6.07) is 0. The fourth-order valence-corrected chi connectivity index (χ4v) is 3.59. The molecule has 1 saturated carbocycles. The minimum atomic E-state index is -0.336. The van der Waals surface area contributed by atoms with Gasteiger partial charge in [-0.15, -0.1) is 0 Å². The Morgan fingerprint density at radius 1 is 1.19 bits per heavy atom. The summed E-state index contributed by atoms with van der Waals surface area (Å²) in [6.07, 6.45) is 6.40. The average Bonchev–Trinajstić information content (AvgIpc) is 3.01. The zero-order valence-electron chi connectivity index (χ0n) is 13.4. The first-order chi connectivity index (χ1) is 10.1. The zero-order chi connectivity index (χ0) is 14.9. The molecule has 0 aromatic carbocycles. The van der Waals surface area contributed by atoms with Gasteiger partial charge >= 0.3 is 0 Å². The van der Waals surface area contributed by atoms with E-state index in [-0.39, 0.29) is 11.0 Å². The normalized spacial score (nSPS) is 33.0. The highest BCUT2D eigenvalue weighted by atomic mass is 16.5. The Hall–Kier alpha value is -0.940. The average molecular weight is 293 g/mol. The molecule has 118 valence electrons. The summed E-state index contributed by atoms with van der Waals surface area (Å²) in [5.74, 6) is 2.31. The van der Waals surface area contributed by atoms with Crippen LogP contribution in [0.4, 0.5) is 0 Å². The molecule has 2 aliphatic rings. The van der Waals surface area contributed by atoms with Crippen molar-refractivity contribution in [3.05, 3.63) is 11.7 Å². The molecule has 2 fully saturated rings. The van der Waals surface area contributed by atoms with Crippen molar-refractivity contribution in [3.63, 3.8) is 0 Å². The van der Waals surface area contributed by atoms with Crippen LogP contribution in [0.1, 0.15) is 64.1 Å². The number of piperidine rings is 1. The lowest BCUT2D eigenvalue weighted by molar-refractivity contribution is -0.0609. The SMILES string of the molecule is COC1(c2noc(C3(C)CCNCC3)n2)CCC(C)CC1. The molecule has 1 N–H and O–H groups in total. The Labute approximate surface area is 126 Å². The Morgan fingerprint density at radius 3 is 2.48 bits per heavy atom. The number of methoxy groups -OCH3 is 1. The Morgan fingerprint density at radius 2 is 1.86 bits per heavy atom. The van der Waals surface area contributed by atoms with Crippen LogP contribution in [-0.4, -0.2) is 30.3 Å². The van der Waals surface area contributed by atoms with Gasteiger partial charge in [0.15, 0.2) is 0 Å². The third kappa shape index (κ3) is 2.73. The van der Waals surface area contributed by atoms with Crippen molar-refractivity contribution in [3.8, 4) is 0 Å². The lowest BCUT2D eigenvalue weighted by Crippen LogP contribution is -2.38. The molecule has 1 aliphatic carbocycles. The van der Waals surface area contributed by atoms with Gasteiger partial charge in [-0.2, -0.15) is 4.98 Å². The molecule has 0 amide bonds. The Kier molecular flexibility index (Phi) is 4.06. The van der Waals surface area contributed by atoms with Crippen LogP contribution in [0.15, 0.2) is 4.52 Å². The topological polar surface area (TPSA) is 60.2 Å². The molecule has 1 aliphatic heterocycles. The molecule has 0 spiro atoms. The van der Waals surface area contributed by atoms with Gasteiger partial charge in [0.05, 0.1) is 0 Å². The number of ether oxygens (including phenoxy) is 1. The summed E-state index contributed by atoms with van der Waals surface area (Å²) in [4.78, 5) is 4.77. The molecule has 3 rings (SSSR count). The van der Waals surface area contributed by atoms with Crippen LogP contribution in [0.25, 0.3) is 0 Å². The van der Waals surface area contributed by atoms with Crippen LogP contribution >= 0.6 is 0 Å². The number of nitrogens with one attached hydrogen (secondary N) is 1. The third-order valence-corrected chi connectivity index (χ3v) is 5.53. The van der Waals surface area contributed by atoms with Crippen LogP contribution in [0.2, 0.25) is 0 Å². The van der Waals surface area contributed by atoms with E-state index >= 15 is 0 Å². The molecule has 0 unspecified atom stereocenters. The fourth-order valence-electron chi connectivity index (χ4n) is 3.59. The molecule has 0 radical (unpaired) electrons. The Balaban J connectivity index is 1.83. The summed E-state index contributed by atoms with van der Waals surface area (Å²) in [6.45, 7) is 6.56. The second kappa shape index (κ2) is 5.69. The standard InChI is InChI=1S/C16H27N3O2/c1-12-4-6-16(20-3,7-5-12)13-18-14(21-19-13)15(2)8-10-17-11-9-15/h12,17H,4-11H2,1-3H3. The molecule has 1 aromatic heterocycles. The number of rotatable bonds is 3.